The SMILES string of the molecule is CC[C@@H](C)NC(=O)Cn1nc2n(Cc3ccco3)c(=O)c3sccc3n2c1=O. The third-order valence-corrected chi connectivity index (χ3v) is 5.49. The standard InChI is InChI=1S/C18H19N5O4S/c1-3-11(2)19-14(24)10-22-18(26)23-13-6-8-28-15(13)16(25)21(17(23)20-22)9-12-5-4-7-27-12/h4-8,11H,3,9-10H2,1-2H3,(H,19,24)/t11-/m1/s1. The van der Waals surface area contributed by atoms with Gasteiger partial charge in [0.05, 0.1) is 18.3 Å². The van der Waals surface area contributed by atoms with E-state index in [2.05, 4.69) is 10.4 Å². The number of rotatable bonds is 6. The van der Waals surface area contributed by atoms with Crippen molar-refractivity contribution >= 4 is 33.2 Å². The molecule has 4 rings (SSSR count). The van der Waals surface area contributed by atoms with Crippen molar-refractivity contribution in [3.05, 3.63) is 56.4 Å². The van der Waals surface area contributed by atoms with Crippen LogP contribution in [-0.2, 0) is 17.9 Å². The molecule has 0 radical (unpaired) electrons. The number of carbonyl (C=O) groups is 1. The first-order valence-corrected chi connectivity index (χ1v) is 9.79. The third kappa shape index (κ3) is 3.05. The Hall–Kier alpha value is -3.14. The summed E-state index contributed by atoms with van der Waals surface area (Å²) in [4.78, 5) is 38.1. The number of hydrogen-bond acceptors (Lipinski definition) is 6. The van der Waals surface area contributed by atoms with Gasteiger partial charge in [0.2, 0.25) is 11.7 Å². The van der Waals surface area contributed by atoms with Crippen molar-refractivity contribution in [1.29, 1.82) is 0 Å². The maximum atomic E-state index is 12.9. The summed E-state index contributed by atoms with van der Waals surface area (Å²) in [5, 5.41) is 8.86. The second-order valence-electron chi connectivity index (χ2n) is 6.56. The van der Waals surface area contributed by atoms with Crippen LogP contribution < -0.4 is 16.6 Å². The molecule has 9 nitrogen and oxygen atoms in total. The molecule has 0 spiro atoms. The molecule has 0 bridgehead atoms. The minimum atomic E-state index is -0.467. The van der Waals surface area contributed by atoms with Gasteiger partial charge in [0.25, 0.3) is 5.56 Å². The summed E-state index contributed by atoms with van der Waals surface area (Å²) in [6, 6.07) is 5.18. The molecule has 28 heavy (non-hydrogen) atoms. The van der Waals surface area contributed by atoms with E-state index < -0.39 is 5.69 Å². The quantitative estimate of drug-likeness (QED) is 0.526. The molecule has 0 aromatic carbocycles. The van der Waals surface area contributed by atoms with E-state index in [0.717, 1.165) is 11.1 Å². The summed E-state index contributed by atoms with van der Waals surface area (Å²) < 4.78 is 9.64. The number of nitrogens with zero attached hydrogens (tertiary/aromatic N) is 4. The molecule has 0 saturated heterocycles. The van der Waals surface area contributed by atoms with E-state index in [1.165, 1.54) is 26.6 Å². The van der Waals surface area contributed by atoms with Crippen molar-refractivity contribution in [2.75, 3.05) is 0 Å². The Balaban J connectivity index is 1.86. The summed E-state index contributed by atoms with van der Waals surface area (Å²) in [5.74, 6) is 0.436. The molecule has 0 aliphatic carbocycles. The lowest BCUT2D eigenvalue weighted by molar-refractivity contribution is -0.122. The largest absolute Gasteiger partial charge is 0.467 e. The minimum Gasteiger partial charge on any atom is -0.467 e. The van der Waals surface area contributed by atoms with Crippen LogP contribution in [0.4, 0.5) is 0 Å². The number of furan rings is 1. The predicted octanol–water partition coefficient (Wildman–Crippen LogP) is 1.43. The molecule has 146 valence electrons. The zero-order chi connectivity index (χ0) is 19.8. The van der Waals surface area contributed by atoms with Crippen LogP contribution >= 0.6 is 11.3 Å². The van der Waals surface area contributed by atoms with Crippen molar-refractivity contribution in [2.45, 2.75) is 39.4 Å². The smallest absolute Gasteiger partial charge is 0.352 e. The number of fused-ring (bicyclic) bond motifs is 3. The molecule has 0 fully saturated rings. The Morgan fingerprint density at radius 3 is 2.89 bits per heavy atom. The van der Waals surface area contributed by atoms with Crippen LogP contribution in [0.5, 0.6) is 0 Å². The van der Waals surface area contributed by atoms with Crippen molar-refractivity contribution in [2.24, 2.45) is 0 Å². The number of hydrogen-bond donors (Lipinski definition) is 1. The van der Waals surface area contributed by atoms with E-state index in [1.54, 1.807) is 23.6 Å². The van der Waals surface area contributed by atoms with Crippen LogP contribution in [0.25, 0.3) is 16.0 Å². The number of amides is 1. The summed E-state index contributed by atoms with van der Waals surface area (Å²) in [6.45, 7) is 3.77. The van der Waals surface area contributed by atoms with Crippen molar-refractivity contribution < 1.29 is 9.21 Å². The van der Waals surface area contributed by atoms with Gasteiger partial charge in [0, 0.05) is 6.04 Å². The van der Waals surface area contributed by atoms with Gasteiger partial charge in [0.15, 0.2) is 0 Å². The molecule has 1 atom stereocenters. The van der Waals surface area contributed by atoms with Crippen molar-refractivity contribution in [3.8, 4) is 0 Å². The van der Waals surface area contributed by atoms with E-state index in [0.29, 0.717) is 16.0 Å². The summed E-state index contributed by atoms with van der Waals surface area (Å²) in [7, 11) is 0. The molecule has 0 aliphatic rings. The number of nitrogens with one attached hydrogen (secondary N) is 1. The Kier molecular flexibility index (Phi) is 4.63. The highest BCUT2D eigenvalue weighted by molar-refractivity contribution is 7.17. The zero-order valence-electron chi connectivity index (χ0n) is 15.4. The van der Waals surface area contributed by atoms with Crippen LogP contribution in [0.1, 0.15) is 26.0 Å². The van der Waals surface area contributed by atoms with E-state index in [9.17, 15) is 14.4 Å². The number of carbonyl (C=O) groups excluding carboxylic acids is 1. The van der Waals surface area contributed by atoms with Crippen molar-refractivity contribution in [3.63, 3.8) is 0 Å². The monoisotopic (exact) mass is 401 g/mol. The Labute approximate surface area is 162 Å². The van der Waals surface area contributed by atoms with Crippen LogP contribution in [0.2, 0.25) is 0 Å². The molecule has 10 heteroatoms. The zero-order valence-corrected chi connectivity index (χ0v) is 16.2. The highest BCUT2D eigenvalue weighted by Crippen LogP contribution is 2.18. The first-order chi connectivity index (χ1) is 13.5. The van der Waals surface area contributed by atoms with Gasteiger partial charge in [-0.15, -0.1) is 16.4 Å². The van der Waals surface area contributed by atoms with Crippen LogP contribution in [0.3, 0.4) is 0 Å². The Morgan fingerprint density at radius 2 is 2.18 bits per heavy atom. The van der Waals surface area contributed by atoms with E-state index in [1.807, 2.05) is 13.8 Å². The molecule has 0 saturated carbocycles. The van der Waals surface area contributed by atoms with Gasteiger partial charge >= 0.3 is 5.69 Å². The molecule has 0 aliphatic heterocycles. The van der Waals surface area contributed by atoms with Gasteiger partial charge in [-0.2, -0.15) is 0 Å². The van der Waals surface area contributed by atoms with Gasteiger partial charge in [0.1, 0.15) is 17.0 Å². The summed E-state index contributed by atoms with van der Waals surface area (Å²) in [6.07, 6.45) is 2.30. The van der Waals surface area contributed by atoms with Gasteiger partial charge < -0.3 is 9.73 Å². The summed E-state index contributed by atoms with van der Waals surface area (Å²) in [5.41, 5.74) is -0.236. The molecule has 0 unspecified atom stereocenters. The normalized spacial score (nSPS) is 12.6. The lowest BCUT2D eigenvalue weighted by atomic mass is 10.2. The maximum absolute atomic E-state index is 12.9. The molecule has 4 aromatic rings. The van der Waals surface area contributed by atoms with Gasteiger partial charge in [-0.1, -0.05) is 6.92 Å². The van der Waals surface area contributed by atoms with E-state index >= 15 is 0 Å². The lowest BCUT2D eigenvalue weighted by Crippen LogP contribution is -2.37. The molecule has 4 heterocycles. The minimum absolute atomic E-state index is 0.000877. The van der Waals surface area contributed by atoms with Gasteiger partial charge in [-0.3, -0.25) is 14.2 Å². The fraction of sp³-hybridized carbons (Fsp3) is 0.333. The van der Waals surface area contributed by atoms with Crippen LogP contribution in [0.15, 0.2) is 43.8 Å². The number of aromatic nitrogens is 4. The Bertz CT molecular complexity index is 1260. The number of thiophene rings is 1. The molecular weight excluding hydrogens is 382 g/mol. The summed E-state index contributed by atoms with van der Waals surface area (Å²) >= 11 is 1.26. The lowest BCUT2D eigenvalue weighted by Gasteiger charge is -2.10. The first kappa shape index (κ1) is 18.2. The molecule has 4 aromatic heterocycles. The highest BCUT2D eigenvalue weighted by Gasteiger charge is 2.20. The van der Waals surface area contributed by atoms with E-state index in [-0.39, 0.29) is 36.4 Å². The predicted molar refractivity (Wildman–Crippen MR) is 105 cm³/mol. The van der Waals surface area contributed by atoms with Gasteiger partial charge in [-0.05, 0) is 36.9 Å². The van der Waals surface area contributed by atoms with E-state index in [4.69, 9.17) is 4.42 Å². The van der Waals surface area contributed by atoms with Gasteiger partial charge in [-0.25, -0.2) is 13.9 Å². The second-order valence-corrected chi connectivity index (χ2v) is 7.47. The van der Waals surface area contributed by atoms with Crippen LogP contribution in [0, 0.1) is 0 Å². The fourth-order valence-electron chi connectivity index (χ4n) is 3.00. The van der Waals surface area contributed by atoms with Crippen molar-refractivity contribution in [1.82, 2.24) is 24.1 Å². The fourth-order valence-corrected chi connectivity index (χ4v) is 3.82. The average molecular weight is 401 g/mol. The molecule has 1 amide bonds. The third-order valence-electron chi connectivity index (χ3n) is 4.60. The first-order valence-electron chi connectivity index (χ1n) is 8.91. The molecule has 1 N–H and O–H groups in total. The highest BCUT2D eigenvalue weighted by atomic mass is 32.1. The molecular formula is C18H19N5O4S. The second kappa shape index (κ2) is 7.12. The van der Waals surface area contributed by atoms with Crippen LogP contribution in [-0.4, -0.2) is 30.7 Å². The maximum Gasteiger partial charge on any atom is 0.352 e. The Morgan fingerprint density at radius 1 is 1.36 bits per heavy atom. The topological polar surface area (TPSA) is 104 Å². The average Bonchev–Trinajstić information content (AvgIpc) is 3.40.